The molecule has 1 unspecified atom stereocenters. The Morgan fingerprint density at radius 3 is 2.38 bits per heavy atom. The van der Waals surface area contributed by atoms with Gasteiger partial charge in [-0.1, -0.05) is 44.2 Å². The van der Waals surface area contributed by atoms with Crippen LogP contribution < -0.4 is 10.6 Å². The number of aromatic nitrogens is 2. The number of rotatable bonds is 7. The summed E-state index contributed by atoms with van der Waals surface area (Å²) in [5.74, 6) is 1.59. The molecule has 6 heteroatoms. The predicted octanol–water partition coefficient (Wildman–Crippen LogP) is 3.55. The van der Waals surface area contributed by atoms with Crippen molar-refractivity contribution in [2.24, 2.45) is 24.8 Å². The van der Waals surface area contributed by atoms with E-state index in [9.17, 15) is 9.59 Å². The van der Waals surface area contributed by atoms with Gasteiger partial charge in [-0.25, -0.2) is 0 Å². The molecule has 0 bridgehead atoms. The fourth-order valence-corrected chi connectivity index (χ4v) is 4.09. The van der Waals surface area contributed by atoms with E-state index in [0.717, 1.165) is 31.2 Å². The van der Waals surface area contributed by atoms with Gasteiger partial charge in [-0.2, -0.15) is 5.10 Å². The molecule has 6 nitrogen and oxygen atoms in total. The predicted molar refractivity (Wildman–Crippen MR) is 114 cm³/mol. The molecule has 0 saturated heterocycles. The van der Waals surface area contributed by atoms with Crippen molar-refractivity contribution >= 4 is 17.6 Å². The number of hydrogen-bond acceptors (Lipinski definition) is 3. The number of hydrogen-bond donors (Lipinski definition) is 2. The second-order valence-electron chi connectivity index (χ2n) is 8.47. The topological polar surface area (TPSA) is 76.0 Å². The van der Waals surface area contributed by atoms with Crippen molar-refractivity contribution < 1.29 is 9.59 Å². The van der Waals surface area contributed by atoms with Crippen molar-refractivity contribution in [1.82, 2.24) is 15.1 Å². The minimum atomic E-state index is -0.630. The average molecular weight is 397 g/mol. The minimum absolute atomic E-state index is 0.00840. The van der Waals surface area contributed by atoms with Gasteiger partial charge < -0.3 is 10.6 Å². The largest absolute Gasteiger partial charge is 0.344 e. The molecular weight excluding hydrogens is 364 g/mol. The minimum Gasteiger partial charge on any atom is -0.344 e. The maximum Gasteiger partial charge on any atom is 0.248 e. The highest BCUT2D eigenvalue weighted by Crippen LogP contribution is 2.33. The summed E-state index contributed by atoms with van der Waals surface area (Å²) < 4.78 is 1.63. The van der Waals surface area contributed by atoms with Crippen LogP contribution in [0.1, 0.15) is 45.1 Å². The maximum atomic E-state index is 12.9. The van der Waals surface area contributed by atoms with Crippen LogP contribution in [0, 0.1) is 17.8 Å². The Balaban J connectivity index is 1.65. The van der Waals surface area contributed by atoms with Gasteiger partial charge >= 0.3 is 0 Å². The van der Waals surface area contributed by atoms with Crippen LogP contribution in [0.25, 0.3) is 0 Å². The molecular formula is C23H32N4O2. The van der Waals surface area contributed by atoms with Gasteiger partial charge in [-0.15, -0.1) is 0 Å². The third-order valence-electron chi connectivity index (χ3n) is 5.97. The third-order valence-corrected chi connectivity index (χ3v) is 5.97. The Hall–Kier alpha value is -2.63. The number of nitrogens with one attached hydrogen (secondary N) is 2. The standard InChI is InChI=1S/C23H32N4O2/c1-16(2)18-9-11-19(12-10-18)22(28)24-20(15-17-7-5-4-6-8-17)23(29)25-21-13-14-27(3)26-21/h4-8,13-14,16,18-20H,9-12,15H2,1-3H3,(H,24,28)(H,25,26,29). The van der Waals surface area contributed by atoms with Gasteiger partial charge in [0.15, 0.2) is 5.82 Å². The molecule has 2 aromatic rings. The lowest BCUT2D eigenvalue weighted by Crippen LogP contribution is -2.48. The molecule has 1 aliphatic carbocycles. The van der Waals surface area contributed by atoms with Gasteiger partial charge in [0.2, 0.25) is 11.8 Å². The molecule has 0 radical (unpaired) electrons. The maximum absolute atomic E-state index is 12.9. The molecule has 2 amide bonds. The van der Waals surface area contributed by atoms with E-state index < -0.39 is 6.04 Å². The zero-order chi connectivity index (χ0) is 20.8. The first-order chi connectivity index (χ1) is 13.9. The zero-order valence-electron chi connectivity index (χ0n) is 17.6. The van der Waals surface area contributed by atoms with E-state index in [-0.39, 0.29) is 17.7 Å². The van der Waals surface area contributed by atoms with Gasteiger partial charge in [0, 0.05) is 31.6 Å². The fourth-order valence-electron chi connectivity index (χ4n) is 4.09. The number of anilines is 1. The third kappa shape index (κ3) is 5.92. The Bertz CT molecular complexity index is 807. The van der Waals surface area contributed by atoms with Gasteiger partial charge in [0.05, 0.1) is 0 Å². The van der Waals surface area contributed by atoms with Crippen molar-refractivity contribution in [3.05, 3.63) is 48.2 Å². The summed E-state index contributed by atoms with van der Waals surface area (Å²) in [6.07, 6.45) is 6.18. The average Bonchev–Trinajstić information content (AvgIpc) is 3.12. The first-order valence-corrected chi connectivity index (χ1v) is 10.6. The summed E-state index contributed by atoms with van der Waals surface area (Å²) in [7, 11) is 1.80. The highest BCUT2D eigenvalue weighted by atomic mass is 16.2. The van der Waals surface area contributed by atoms with Gasteiger partial charge in [-0.05, 0) is 43.1 Å². The second-order valence-corrected chi connectivity index (χ2v) is 8.47. The summed E-state index contributed by atoms with van der Waals surface area (Å²) in [5, 5.41) is 10.1. The van der Waals surface area contributed by atoms with E-state index in [1.54, 1.807) is 24.0 Å². The van der Waals surface area contributed by atoms with Crippen molar-refractivity contribution in [3.63, 3.8) is 0 Å². The van der Waals surface area contributed by atoms with E-state index in [4.69, 9.17) is 0 Å². The van der Waals surface area contributed by atoms with Crippen LogP contribution in [0.3, 0.4) is 0 Å². The summed E-state index contributed by atoms with van der Waals surface area (Å²) >= 11 is 0. The van der Waals surface area contributed by atoms with Crippen LogP contribution in [-0.4, -0.2) is 27.6 Å². The Kier molecular flexibility index (Phi) is 7.07. The molecule has 2 N–H and O–H groups in total. The number of carbonyl (C=O) groups excluding carboxylic acids is 2. The lowest BCUT2D eigenvalue weighted by atomic mass is 9.76. The summed E-state index contributed by atoms with van der Waals surface area (Å²) in [6.45, 7) is 4.51. The van der Waals surface area contributed by atoms with E-state index in [2.05, 4.69) is 29.6 Å². The number of aryl methyl sites for hydroxylation is 1. The lowest BCUT2D eigenvalue weighted by molar-refractivity contribution is -0.130. The summed E-state index contributed by atoms with van der Waals surface area (Å²) in [6, 6.07) is 10.9. The normalized spacial score (nSPS) is 20.3. The molecule has 1 atom stereocenters. The van der Waals surface area contributed by atoms with E-state index in [0.29, 0.717) is 24.1 Å². The van der Waals surface area contributed by atoms with Crippen molar-refractivity contribution in [3.8, 4) is 0 Å². The molecule has 0 spiro atoms. The Morgan fingerprint density at radius 1 is 1.10 bits per heavy atom. The van der Waals surface area contributed by atoms with Crippen LogP contribution in [-0.2, 0) is 23.1 Å². The first-order valence-electron chi connectivity index (χ1n) is 10.6. The van der Waals surface area contributed by atoms with Crippen molar-refractivity contribution in [1.29, 1.82) is 0 Å². The number of nitrogens with zero attached hydrogens (tertiary/aromatic N) is 2. The van der Waals surface area contributed by atoms with E-state index in [1.165, 1.54) is 0 Å². The number of carbonyl (C=O) groups is 2. The SMILES string of the molecule is CC(C)C1CCC(C(=O)NC(Cc2ccccc2)C(=O)Nc2ccn(C)n2)CC1. The molecule has 1 saturated carbocycles. The van der Waals surface area contributed by atoms with E-state index >= 15 is 0 Å². The number of benzene rings is 1. The molecule has 156 valence electrons. The van der Waals surface area contributed by atoms with Crippen LogP contribution in [0.15, 0.2) is 42.6 Å². The quantitative estimate of drug-likeness (QED) is 0.751. The summed E-state index contributed by atoms with van der Waals surface area (Å²) in [4.78, 5) is 25.8. The lowest BCUT2D eigenvalue weighted by Gasteiger charge is -2.31. The van der Waals surface area contributed by atoms with Gasteiger partial charge in [0.25, 0.3) is 0 Å². The smallest absolute Gasteiger partial charge is 0.248 e. The Labute approximate surface area is 173 Å². The molecule has 29 heavy (non-hydrogen) atoms. The van der Waals surface area contributed by atoms with Crippen LogP contribution in [0.5, 0.6) is 0 Å². The monoisotopic (exact) mass is 396 g/mol. The molecule has 1 aromatic carbocycles. The molecule has 1 aromatic heterocycles. The van der Waals surface area contributed by atoms with Crippen LogP contribution >= 0.6 is 0 Å². The van der Waals surface area contributed by atoms with E-state index in [1.807, 2.05) is 30.3 Å². The molecule has 3 rings (SSSR count). The molecule has 1 fully saturated rings. The highest BCUT2D eigenvalue weighted by Gasteiger charge is 2.30. The van der Waals surface area contributed by atoms with Crippen LogP contribution in [0.4, 0.5) is 5.82 Å². The first kappa shape index (κ1) is 21.1. The fraction of sp³-hybridized carbons (Fsp3) is 0.522. The Morgan fingerprint density at radius 2 is 1.79 bits per heavy atom. The molecule has 1 heterocycles. The molecule has 1 aliphatic rings. The van der Waals surface area contributed by atoms with Gasteiger partial charge in [-0.3, -0.25) is 14.3 Å². The zero-order valence-corrected chi connectivity index (χ0v) is 17.6. The summed E-state index contributed by atoms with van der Waals surface area (Å²) in [5.41, 5.74) is 1.01. The highest BCUT2D eigenvalue weighted by molar-refractivity contribution is 5.97. The van der Waals surface area contributed by atoms with Crippen LogP contribution in [0.2, 0.25) is 0 Å². The van der Waals surface area contributed by atoms with Gasteiger partial charge in [0.1, 0.15) is 6.04 Å². The second kappa shape index (κ2) is 9.72. The van der Waals surface area contributed by atoms with Crippen molar-refractivity contribution in [2.75, 3.05) is 5.32 Å². The van der Waals surface area contributed by atoms with Crippen molar-refractivity contribution in [2.45, 2.75) is 52.0 Å². The molecule has 0 aliphatic heterocycles. The number of amides is 2.